The second-order valence-electron chi connectivity index (χ2n) is 11.0. The fourth-order valence-corrected chi connectivity index (χ4v) is 8.12. The lowest BCUT2D eigenvalue weighted by molar-refractivity contribution is -0.158. The second-order valence-corrected chi connectivity index (χ2v) is 11.0. The van der Waals surface area contributed by atoms with Crippen molar-refractivity contribution in [3.63, 3.8) is 0 Å². The zero-order valence-corrected chi connectivity index (χ0v) is 18.6. The van der Waals surface area contributed by atoms with E-state index in [1.807, 2.05) is 7.05 Å². The van der Waals surface area contributed by atoms with Gasteiger partial charge in [0.25, 0.3) is 0 Å². The van der Waals surface area contributed by atoms with Crippen molar-refractivity contribution in [2.45, 2.75) is 84.6 Å². The Kier molecular flexibility index (Phi) is 5.31. The van der Waals surface area contributed by atoms with Crippen molar-refractivity contribution in [2.24, 2.45) is 34.5 Å². The molecule has 1 heterocycles. The van der Waals surface area contributed by atoms with Gasteiger partial charge in [-0.1, -0.05) is 13.8 Å². The molecule has 5 nitrogen and oxygen atoms in total. The number of likely N-dealkylation sites (tertiary alicyclic amines) is 1. The van der Waals surface area contributed by atoms with Crippen molar-refractivity contribution in [3.8, 4) is 0 Å². The van der Waals surface area contributed by atoms with E-state index < -0.39 is 0 Å². The summed E-state index contributed by atoms with van der Waals surface area (Å²) >= 11 is 0. The van der Waals surface area contributed by atoms with Gasteiger partial charge in [0.15, 0.2) is 0 Å². The fourth-order valence-electron chi connectivity index (χ4n) is 8.12. The van der Waals surface area contributed by atoms with Crippen LogP contribution in [0.2, 0.25) is 0 Å². The summed E-state index contributed by atoms with van der Waals surface area (Å²) < 4.78 is 0. The SMILES string of the molecule is CC(=O)CC(=O)NC[C@H]1CC[C@H]2[C@@H]3CC[C@H]4N(C)C(=O)CC[C@]4(C)[C@H]3CC[C@]12C. The van der Waals surface area contributed by atoms with Gasteiger partial charge in [0.1, 0.15) is 5.78 Å². The third-order valence-corrected chi connectivity index (χ3v) is 9.71. The minimum absolute atomic E-state index is 0.00351. The van der Waals surface area contributed by atoms with Crippen LogP contribution in [0.1, 0.15) is 78.6 Å². The second kappa shape index (κ2) is 7.39. The highest BCUT2D eigenvalue weighted by atomic mass is 16.2. The highest BCUT2D eigenvalue weighted by Crippen LogP contribution is 2.66. The van der Waals surface area contributed by atoms with Crippen LogP contribution in [0.4, 0.5) is 0 Å². The first-order valence-electron chi connectivity index (χ1n) is 11.7. The van der Waals surface area contributed by atoms with Gasteiger partial charge in [0.05, 0.1) is 6.42 Å². The molecule has 29 heavy (non-hydrogen) atoms. The largest absolute Gasteiger partial charge is 0.355 e. The maximum absolute atomic E-state index is 12.3. The lowest BCUT2D eigenvalue weighted by atomic mass is 9.47. The molecule has 4 aliphatic rings. The molecule has 0 aromatic heterocycles. The van der Waals surface area contributed by atoms with Crippen molar-refractivity contribution in [2.75, 3.05) is 13.6 Å². The van der Waals surface area contributed by atoms with Crippen molar-refractivity contribution in [1.29, 1.82) is 0 Å². The van der Waals surface area contributed by atoms with Crippen LogP contribution in [-0.2, 0) is 14.4 Å². The predicted octanol–water partition coefficient (Wildman–Crippen LogP) is 3.56. The van der Waals surface area contributed by atoms with Gasteiger partial charge in [0, 0.05) is 26.1 Å². The zero-order valence-electron chi connectivity index (χ0n) is 18.6. The molecule has 0 aromatic rings. The Morgan fingerprint density at radius 2 is 1.76 bits per heavy atom. The minimum atomic E-state index is -0.124. The molecule has 5 heteroatoms. The molecule has 162 valence electrons. The molecule has 1 N–H and O–H groups in total. The molecule has 1 saturated heterocycles. The van der Waals surface area contributed by atoms with E-state index in [1.54, 1.807) is 0 Å². The molecule has 3 saturated carbocycles. The van der Waals surface area contributed by atoms with Gasteiger partial charge in [0.2, 0.25) is 11.8 Å². The minimum Gasteiger partial charge on any atom is -0.355 e. The van der Waals surface area contributed by atoms with Gasteiger partial charge in [-0.25, -0.2) is 0 Å². The van der Waals surface area contributed by atoms with Crippen LogP contribution in [0.5, 0.6) is 0 Å². The van der Waals surface area contributed by atoms with Gasteiger partial charge in [-0.15, -0.1) is 0 Å². The summed E-state index contributed by atoms with van der Waals surface area (Å²) in [6, 6.07) is 0.414. The Hall–Kier alpha value is -1.39. The van der Waals surface area contributed by atoms with Crippen LogP contribution in [0, 0.1) is 34.5 Å². The van der Waals surface area contributed by atoms with E-state index in [0.717, 1.165) is 30.6 Å². The Bertz CT molecular complexity index is 706. The van der Waals surface area contributed by atoms with Crippen LogP contribution in [0.25, 0.3) is 0 Å². The number of carbonyl (C=O) groups is 3. The summed E-state index contributed by atoms with van der Waals surface area (Å²) in [5, 5.41) is 3.05. The Morgan fingerprint density at radius 1 is 1.03 bits per heavy atom. The quantitative estimate of drug-likeness (QED) is 0.731. The molecule has 7 atom stereocenters. The standard InChI is InChI=1S/C24H38N2O3/c1-15(27)13-21(28)25-14-16-5-7-18-17-6-8-20-24(3,12-10-22(29)26(20)4)19(17)9-11-23(16,18)2/h16-20H,5-14H2,1-4H3,(H,25,28)/t16-,17+,18+,19+,20-,23-,24-/m1/s1. The number of fused-ring (bicyclic) bond motifs is 5. The molecular formula is C24H38N2O3. The number of hydrogen-bond acceptors (Lipinski definition) is 3. The fraction of sp³-hybridized carbons (Fsp3) is 0.875. The van der Waals surface area contributed by atoms with Gasteiger partial charge in [-0.3, -0.25) is 14.4 Å². The van der Waals surface area contributed by atoms with E-state index >= 15 is 0 Å². The van der Waals surface area contributed by atoms with E-state index in [2.05, 4.69) is 24.1 Å². The monoisotopic (exact) mass is 402 g/mol. The topological polar surface area (TPSA) is 66.5 Å². The lowest BCUT2D eigenvalue weighted by Crippen LogP contribution is -2.61. The predicted molar refractivity (Wildman–Crippen MR) is 112 cm³/mol. The van der Waals surface area contributed by atoms with Crippen LogP contribution in [-0.4, -0.2) is 42.1 Å². The van der Waals surface area contributed by atoms with Gasteiger partial charge in [-0.2, -0.15) is 0 Å². The van der Waals surface area contributed by atoms with Crippen molar-refractivity contribution >= 4 is 17.6 Å². The number of rotatable bonds is 4. The number of nitrogens with zero attached hydrogens (tertiary/aromatic N) is 1. The Labute approximate surface area is 175 Å². The highest BCUT2D eigenvalue weighted by Gasteiger charge is 2.60. The van der Waals surface area contributed by atoms with Gasteiger partial charge in [-0.05, 0) is 86.4 Å². The van der Waals surface area contributed by atoms with Crippen LogP contribution in [0.3, 0.4) is 0 Å². The molecule has 2 amide bonds. The van der Waals surface area contributed by atoms with E-state index in [0.29, 0.717) is 36.2 Å². The average molecular weight is 403 g/mol. The molecule has 0 radical (unpaired) electrons. The molecule has 4 rings (SSSR count). The molecule has 0 spiro atoms. The first kappa shape index (κ1) is 20.9. The van der Waals surface area contributed by atoms with Gasteiger partial charge < -0.3 is 10.2 Å². The van der Waals surface area contributed by atoms with Crippen molar-refractivity contribution < 1.29 is 14.4 Å². The summed E-state index contributed by atoms with van der Waals surface area (Å²) in [5.41, 5.74) is 0.560. The van der Waals surface area contributed by atoms with Crippen LogP contribution >= 0.6 is 0 Å². The van der Waals surface area contributed by atoms with E-state index in [4.69, 9.17) is 0 Å². The highest BCUT2D eigenvalue weighted by molar-refractivity contribution is 5.96. The number of nitrogens with one attached hydrogen (secondary N) is 1. The molecular weight excluding hydrogens is 364 g/mol. The molecule has 0 aromatic carbocycles. The van der Waals surface area contributed by atoms with E-state index in [9.17, 15) is 14.4 Å². The molecule has 0 bridgehead atoms. The molecule has 1 aliphatic heterocycles. The smallest absolute Gasteiger partial charge is 0.227 e. The van der Waals surface area contributed by atoms with Crippen LogP contribution < -0.4 is 5.32 Å². The summed E-state index contributed by atoms with van der Waals surface area (Å²) in [6.45, 7) is 7.12. The average Bonchev–Trinajstić information content (AvgIpc) is 2.99. The van der Waals surface area contributed by atoms with Crippen LogP contribution in [0.15, 0.2) is 0 Å². The maximum Gasteiger partial charge on any atom is 0.227 e. The zero-order chi connectivity index (χ0) is 21.0. The van der Waals surface area contributed by atoms with E-state index in [-0.39, 0.29) is 23.5 Å². The number of amides is 2. The first-order chi connectivity index (χ1) is 13.7. The normalized spacial score (nSPS) is 43.9. The number of hydrogen-bond donors (Lipinski definition) is 1. The Balaban J connectivity index is 1.47. The molecule has 4 fully saturated rings. The number of piperidine rings is 1. The number of ketones is 1. The molecule has 3 aliphatic carbocycles. The van der Waals surface area contributed by atoms with Gasteiger partial charge >= 0.3 is 0 Å². The summed E-state index contributed by atoms with van der Waals surface area (Å²) in [4.78, 5) is 37.6. The van der Waals surface area contributed by atoms with Crippen molar-refractivity contribution in [1.82, 2.24) is 10.2 Å². The van der Waals surface area contributed by atoms with E-state index in [1.165, 1.54) is 39.0 Å². The third-order valence-electron chi connectivity index (χ3n) is 9.71. The van der Waals surface area contributed by atoms with Crippen molar-refractivity contribution in [3.05, 3.63) is 0 Å². The third kappa shape index (κ3) is 3.33. The first-order valence-corrected chi connectivity index (χ1v) is 11.7. The maximum atomic E-state index is 12.3. The summed E-state index contributed by atoms with van der Waals surface area (Å²) in [5.74, 6) is 2.87. The lowest BCUT2D eigenvalue weighted by Gasteiger charge is -2.61. The number of carbonyl (C=O) groups excluding carboxylic acids is 3. The Morgan fingerprint density at radius 3 is 2.48 bits per heavy atom. The number of Topliss-reactive ketones (excluding diaryl/α,β-unsaturated/α-hetero) is 1. The summed E-state index contributed by atoms with van der Waals surface area (Å²) in [6.07, 6.45) is 9.08. The summed E-state index contributed by atoms with van der Waals surface area (Å²) in [7, 11) is 2.02. The molecule has 0 unspecified atom stereocenters.